The first-order chi connectivity index (χ1) is 10.6. The summed E-state index contributed by atoms with van der Waals surface area (Å²) in [5.41, 5.74) is 2.47. The van der Waals surface area contributed by atoms with E-state index < -0.39 is 0 Å². The number of rotatable bonds is 6. The highest BCUT2D eigenvalue weighted by atomic mass is 19.1. The van der Waals surface area contributed by atoms with E-state index in [4.69, 9.17) is 0 Å². The van der Waals surface area contributed by atoms with Crippen LogP contribution in [0.5, 0.6) is 0 Å². The molecule has 1 N–H and O–H groups in total. The normalized spacial score (nSPS) is 20.1. The van der Waals surface area contributed by atoms with Crippen molar-refractivity contribution in [3.05, 3.63) is 47.3 Å². The Bertz CT molecular complexity index is 482. The quantitative estimate of drug-likeness (QED) is 0.819. The minimum atomic E-state index is -0.192. The zero-order valence-corrected chi connectivity index (χ0v) is 13.6. The Morgan fingerprint density at radius 2 is 2.00 bits per heavy atom. The van der Waals surface area contributed by atoms with Crippen molar-refractivity contribution in [3.8, 4) is 0 Å². The van der Waals surface area contributed by atoms with E-state index in [1.807, 2.05) is 12.1 Å². The Morgan fingerprint density at radius 1 is 1.27 bits per heavy atom. The van der Waals surface area contributed by atoms with E-state index in [9.17, 15) is 9.50 Å². The number of benzene rings is 1. The van der Waals surface area contributed by atoms with Crippen LogP contribution in [0.25, 0.3) is 0 Å². The number of halogens is 1. The lowest BCUT2D eigenvalue weighted by atomic mass is 10.1. The van der Waals surface area contributed by atoms with Gasteiger partial charge >= 0.3 is 0 Å². The minimum absolute atomic E-state index is 0.192. The Hall–Kier alpha value is -1.23. The molecule has 0 bridgehead atoms. The van der Waals surface area contributed by atoms with Crippen LogP contribution in [0.3, 0.4) is 0 Å². The molecule has 1 fully saturated rings. The third-order valence-corrected chi connectivity index (χ3v) is 4.21. The second kappa shape index (κ2) is 8.42. The van der Waals surface area contributed by atoms with Gasteiger partial charge in [0.1, 0.15) is 5.82 Å². The molecule has 0 spiro atoms. The van der Waals surface area contributed by atoms with Crippen LogP contribution in [0.2, 0.25) is 0 Å². The molecule has 3 nitrogen and oxygen atoms in total. The number of hydrogen-bond acceptors (Lipinski definition) is 3. The molecule has 0 saturated carbocycles. The summed E-state index contributed by atoms with van der Waals surface area (Å²) in [7, 11) is 0. The van der Waals surface area contributed by atoms with Crippen molar-refractivity contribution in [1.82, 2.24) is 9.80 Å². The molecule has 1 aliphatic heterocycles. The van der Waals surface area contributed by atoms with Gasteiger partial charge in [0.05, 0.1) is 0 Å². The maximum atomic E-state index is 13.0. The SMILES string of the molecule is CC(C)=CCN1CCN(Cc2ccc(F)cc2)C(CCO)C1. The van der Waals surface area contributed by atoms with Gasteiger partial charge in [-0.2, -0.15) is 0 Å². The summed E-state index contributed by atoms with van der Waals surface area (Å²) in [6.07, 6.45) is 3.04. The minimum Gasteiger partial charge on any atom is -0.396 e. The fourth-order valence-electron chi connectivity index (χ4n) is 2.89. The molecule has 1 unspecified atom stereocenters. The average molecular weight is 306 g/mol. The van der Waals surface area contributed by atoms with E-state index in [2.05, 4.69) is 29.7 Å². The van der Waals surface area contributed by atoms with E-state index in [1.54, 1.807) is 0 Å². The first kappa shape index (κ1) is 17.1. The van der Waals surface area contributed by atoms with E-state index >= 15 is 0 Å². The Labute approximate surface area is 133 Å². The highest BCUT2D eigenvalue weighted by molar-refractivity contribution is 5.16. The third-order valence-electron chi connectivity index (χ3n) is 4.21. The topological polar surface area (TPSA) is 26.7 Å². The summed E-state index contributed by atoms with van der Waals surface area (Å²) in [5, 5.41) is 9.34. The van der Waals surface area contributed by atoms with E-state index in [0.717, 1.165) is 44.7 Å². The zero-order chi connectivity index (χ0) is 15.9. The zero-order valence-electron chi connectivity index (χ0n) is 13.6. The van der Waals surface area contributed by atoms with Crippen LogP contribution in [0.1, 0.15) is 25.8 Å². The molecule has 1 aliphatic rings. The monoisotopic (exact) mass is 306 g/mol. The van der Waals surface area contributed by atoms with Crippen LogP contribution in [-0.2, 0) is 6.54 Å². The molecule has 1 aromatic carbocycles. The molecule has 1 saturated heterocycles. The number of aliphatic hydroxyl groups is 1. The number of allylic oxidation sites excluding steroid dienone is 1. The van der Waals surface area contributed by atoms with Crippen molar-refractivity contribution >= 4 is 0 Å². The van der Waals surface area contributed by atoms with Gasteiger partial charge in [-0.05, 0) is 38.0 Å². The highest BCUT2D eigenvalue weighted by Gasteiger charge is 2.26. The summed E-state index contributed by atoms with van der Waals surface area (Å²) in [6, 6.07) is 7.08. The molecule has 122 valence electrons. The molecule has 0 amide bonds. The molecule has 0 aliphatic carbocycles. The van der Waals surface area contributed by atoms with Crippen LogP contribution in [0.15, 0.2) is 35.9 Å². The van der Waals surface area contributed by atoms with Crippen molar-refractivity contribution in [2.24, 2.45) is 0 Å². The lowest BCUT2D eigenvalue weighted by molar-refractivity contribution is 0.0595. The number of piperazine rings is 1. The number of aliphatic hydroxyl groups excluding tert-OH is 1. The maximum absolute atomic E-state index is 13.0. The lowest BCUT2D eigenvalue weighted by Crippen LogP contribution is -2.52. The first-order valence-corrected chi connectivity index (χ1v) is 8.03. The van der Waals surface area contributed by atoms with Gasteiger partial charge in [0.2, 0.25) is 0 Å². The van der Waals surface area contributed by atoms with Crippen molar-refractivity contribution < 1.29 is 9.50 Å². The molecule has 1 heterocycles. The van der Waals surface area contributed by atoms with Crippen LogP contribution in [0, 0.1) is 5.82 Å². The summed E-state index contributed by atoms with van der Waals surface area (Å²) in [4.78, 5) is 4.84. The van der Waals surface area contributed by atoms with E-state index in [-0.39, 0.29) is 12.4 Å². The first-order valence-electron chi connectivity index (χ1n) is 8.03. The Kier molecular flexibility index (Phi) is 6.55. The largest absolute Gasteiger partial charge is 0.396 e. The van der Waals surface area contributed by atoms with Gasteiger partial charge < -0.3 is 5.11 Å². The summed E-state index contributed by atoms with van der Waals surface area (Å²) in [6.45, 7) is 9.25. The van der Waals surface area contributed by atoms with Gasteiger partial charge in [-0.15, -0.1) is 0 Å². The van der Waals surface area contributed by atoms with Crippen molar-refractivity contribution in [2.45, 2.75) is 32.9 Å². The van der Waals surface area contributed by atoms with Crippen molar-refractivity contribution in [2.75, 3.05) is 32.8 Å². The second-order valence-corrected chi connectivity index (χ2v) is 6.30. The molecule has 22 heavy (non-hydrogen) atoms. The average Bonchev–Trinajstić information content (AvgIpc) is 2.50. The highest BCUT2D eigenvalue weighted by Crippen LogP contribution is 2.17. The Morgan fingerprint density at radius 3 is 2.64 bits per heavy atom. The van der Waals surface area contributed by atoms with Gasteiger partial charge in [-0.25, -0.2) is 4.39 Å². The molecule has 4 heteroatoms. The molecule has 1 aromatic rings. The fraction of sp³-hybridized carbons (Fsp3) is 0.556. The van der Waals surface area contributed by atoms with Crippen LogP contribution >= 0.6 is 0 Å². The lowest BCUT2D eigenvalue weighted by Gasteiger charge is -2.41. The second-order valence-electron chi connectivity index (χ2n) is 6.30. The molecule has 1 atom stereocenters. The van der Waals surface area contributed by atoms with Gasteiger partial charge in [0, 0.05) is 45.4 Å². The van der Waals surface area contributed by atoms with Gasteiger partial charge in [0.25, 0.3) is 0 Å². The van der Waals surface area contributed by atoms with Gasteiger partial charge in [0.15, 0.2) is 0 Å². The molecule has 0 radical (unpaired) electrons. The van der Waals surface area contributed by atoms with E-state index in [0.29, 0.717) is 6.04 Å². The Balaban J connectivity index is 1.96. The summed E-state index contributed by atoms with van der Waals surface area (Å²) in [5.74, 6) is -0.192. The predicted molar refractivity (Wildman–Crippen MR) is 88.2 cm³/mol. The van der Waals surface area contributed by atoms with Crippen LogP contribution in [0.4, 0.5) is 4.39 Å². The maximum Gasteiger partial charge on any atom is 0.123 e. The smallest absolute Gasteiger partial charge is 0.123 e. The van der Waals surface area contributed by atoms with E-state index in [1.165, 1.54) is 17.7 Å². The molecular weight excluding hydrogens is 279 g/mol. The third kappa shape index (κ3) is 5.20. The van der Waals surface area contributed by atoms with Crippen LogP contribution < -0.4 is 0 Å². The van der Waals surface area contributed by atoms with Crippen LogP contribution in [-0.4, -0.2) is 53.7 Å². The van der Waals surface area contributed by atoms with Gasteiger partial charge in [-0.1, -0.05) is 23.8 Å². The summed E-state index contributed by atoms with van der Waals surface area (Å²) < 4.78 is 13.0. The predicted octanol–water partition coefficient (Wildman–Crippen LogP) is 2.66. The molecular formula is C18H27FN2O. The number of nitrogens with zero attached hydrogens (tertiary/aromatic N) is 2. The van der Waals surface area contributed by atoms with Crippen molar-refractivity contribution in [3.63, 3.8) is 0 Å². The van der Waals surface area contributed by atoms with Crippen molar-refractivity contribution in [1.29, 1.82) is 0 Å². The molecule has 2 rings (SSSR count). The summed E-state index contributed by atoms with van der Waals surface area (Å²) >= 11 is 0. The fourth-order valence-corrected chi connectivity index (χ4v) is 2.89. The molecule has 0 aromatic heterocycles. The van der Waals surface area contributed by atoms with Gasteiger partial charge in [-0.3, -0.25) is 9.80 Å². The standard InChI is InChI=1S/C18H27FN2O/c1-15(2)7-9-20-10-11-21(18(14-20)8-12-22)13-16-3-5-17(19)6-4-16/h3-7,18,22H,8-14H2,1-2H3. The number of hydrogen-bond donors (Lipinski definition) is 1.